The van der Waals surface area contributed by atoms with Gasteiger partial charge >= 0.3 is 5.97 Å². The minimum atomic E-state index is -0.0203. The quantitative estimate of drug-likeness (QED) is 0.737. The summed E-state index contributed by atoms with van der Waals surface area (Å²) in [5.41, 5.74) is 1.39. The lowest BCUT2D eigenvalue weighted by Crippen LogP contribution is -2.25. The zero-order valence-corrected chi connectivity index (χ0v) is 11.7. The Morgan fingerprint density at radius 1 is 1.37 bits per heavy atom. The molecule has 1 saturated heterocycles. The first-order valence-corrected chi connectivity index (χ1v) is 7.22. The highest BCUT2D eigenvalue weighted by molar-refractivity contribution is 5.73. The molecule has 0 spiro atoms. The van der Waals surface area contributed by atoms with Gasteiger partial charge < -0.3 is 9.64 Å². The lowest BCUT2D eigenvalue weighted by atomic mass is 10.1. The highest BCUT2D eigenvalue weighted by Gasteiger charge is 2.28. The van der Waals surface area contributed by atoms with Crippen molar-refractivity contribution in [2.24, 2.45) is 5.92 Å². The van der Waals surface area contributed by atoms with Crippen LogP contribution in [0, 0.1) is 5.92 Å². The summed E-state index contributed by atoms with van der Waals surface area (Å²) >= 11 is 0. The third-order valence-corrected chi connectivity index (χ3v) is 3.67. The number of aryl methyl sites for hydroxylation is 1. The van der Waals surface area contributed by atoms with Crippen molar-refractivity contribution in [1.82, 2.24) is 4.90 Å². The van der Waals surface area contributed by atoms with Crippen LogP contribution in [0.5, 0.6) is 0 Å². The van der Waals surface area contributed by atoms with E-state index < -0.39 is 0 Å². The SMILES string of the molecule is CCOC(=O)C1CCN(CCCc2ccccc2)C1. The maximum atomic E-state index is 11.6. The first-order chi connectivity index (χ1) is 9.29. The van der Waals surface area contributed by atoms with Crippen LogP contribution < -0.4 is 0 Å². The zero-order valence-electron chi connectivity index (χ0n) is 11.7. The van der Waals surface area contributed by atoms with E-state index in [1.807, 2.05) is 13.0 Å². The van der Waals surface area contributed by atoms with Crippen LogP contribution in [0.15, 0.2) is 30.3 Å². The van der Waals surface area contributed by atoms with Crippen LogP contribution >= 0.6 is 0 Å². The number of likely N-dealkylation sites (tertiary alicyclic amines) is 1. The average Bonchev–Trinajstić information content (AvgIpc) is 2.89. The van der Waals surface area contributed by atoms with E-state index in [1.54, 1.807) is 0 Å². The molecular formula is C16H23NO2. The smallest absolute Gasteiger partial charge is 0.310 e. The normalized spacial score (nSPS) is 19.5. The number of rotatable bonds is 6. The summed E-state index contributed by atoms with van der Waals surface area (Å²) in [5.74, 6) is 0.0738. The summed E-state index contributed by atoms with van der Waals surface area (Å²) in [5, 5.41) is 0. The van der Waals surface area contributed by atoms with Gasteiger partial charge in [-0.05, 0) is 44.8 Å². The van der Waals surface area contributed by atoms with E-state index >= 15 is 0 Å². The first-order valence-electron chi connectivity index (χ1n) is 7.22. The van der Waals surface area contributed by atoms with E-state index in [-0.39, 0.29) is 11.9 Å². The minimum Gasteiger partial charge on any atom is -0.466 e. The fourth-order valence-electron chi connectivity index (χ4n) is 2.64. The van der Waals surface area contributed by atoms with E-state index in [9.17, 15) is 4.79 Å². The van der Waals surface area contributed by atoms with Crippen molar-refractivity contribution in [3.8, 4) is 0 Å². The number of carbonyl (C=O) groups is 1. The van der Waals surface area contributed by atoms with Gasteiger partial charge in [0.25, 0.3) is 0 Å². The molecular weight excluding hydrogens is 238 g/mol. The molecule has 1 atom stereocenters. The molecule has 1 heterocycles. The molecule has 0 bridgehead atoms. The van der Waals surface area contributed by atoms with Gasteiger partial charge in [0.15, 0.2) is 0 Å². The van der Waals surface area contributed by atoms with Gasteiger partial charge in [0.2, 0.25) is 0 Å². The minimum absolute atomic E-state index is 0.0203. The molecule has 1 aromatic rings. The molecule has 3 nitrogen and oxygen atoms in total. The van der Waals surface area contributed by atoms with Gasteiger partial charge in [-0.3, -0.25) is 4.79 Å². The second-order valence-corrected chi connectivity index (χ2v) is 5.13. The molecule has 0 aliphatic carbocycles. The van der Waals surface area contributed by atoms with Gasteiger partial charge in [0.1, 0.15) is 0 Å². The summed E-state index contributed by atoms with van der Waals surface area (Å²) in [6, 6.07) is 10.6. The zero-order chi connectivity index (χ0) is 13.5. The summed E-state index contributed by atoms with van der Waals surface area (Å²) < 4.78 is 5.08. The molecule has 3 heteroatoms. The Morgan fingerprint density at radius 3 is 2.89 bits per heavy atom. The number of esters is 1. The van der Waals surface area contributed by atoms with Gasteiger partial charge in [-0.25, -0.2) is 0 Å². The van der Waals surface area contributed by atoms with Crippen molar-refractivity contribution < 1.29 is 9.53 Å². The second-order valence-electron chi connectivity index (χ2n) is 5.13. The molecule has 1 fully saturated rings. The number of ether oxygens (including phenoxy) is 1. The van der Waals surface area contributed by atoms with Crippen molar-refractivity contribution in [3.63, 3.8) is 0 Å². The van der Waals surface area contributed by atoms with Crippen LogP contribution in [0.1, 0.15) is 25.3 Å². The van der Waals surface area contributed by atoms with E-state index in [1.165, 1.54) is 5.56 Å². The van der Waals surface area contributed by atoms with Crippen LogP contribution in [0.2, 0.25) is 0 Å². The van der Waals surface area contributed by atoms with Crippen molar-refractivity contribution in [3.05, 3.63) is 35.9 Å². The first kappa shape index (κ1) is 14.1. The molecule has 0 radical (unpaired) electrons. The second kappa shape index (κ2) is 7.29. The molecule has 0 N–H and O–H groups in total. The molecule has 0 amide bonds. The van der Waals surface area contributed by atoms with Crippen LogP contribution in [0.25, 0.3) is 0 Å². The van der Waals surface area contributed by atoms with Crippen molar-refractivity contribution in [1.29, 1.82) is 0 Å². The Bertz CT molecular complexity index is 391. The number of benzene rings is 1. The monoisotopic (exact) mass is 261 g/mol. The molecule has 2 rings (SSSR count). The maximum Gasteiger partial charge on any atom is 0.310 e. The topological polar surface area (TPSA) is 29.5 Å². The van der Waals surface area contributed by atoms with Crippen LogP contribution in [-0.2, 0) is 16.0 Å². The Labute approximate surface area is 115 Å². The molecule has 0 saturated carbocycles. The van der Waals surface area contributed by atoms with E-state index in [0.717, 1.165) is 38.9 Å². The third kappa shape index (κ3) is 4.35. The average molecular weight is 261 g/mol. The third-order valence-electron chi connectivity index (χ3n) is 3.67. The molecule has 1 aromatic carbocycles. The Kier molecular flexibility index (Phi) is 5.40. The molecule has 1 aliphatic rings. The van der Waals surface area contributed by atoms with Gasteiger partial charge in [0.05, 0.1) is 12.5 Å². The highest BCUT2D eigenvalue weighted by atomic mass is 16.5. The maximum absolute atomic E-state index is 11.6. The molecule has 19 heavy (non-hydrogen) atoms. The van der Waals surface area contributed by atoms with E-state index in [0.29, 0.717) is 6.61 Å². The van der Waals surface area contributed by atoms with Crippen molar-refractivity contribution >= 4 is 5.97 Å². The fourth-order valence-corrected chi connectivity index (χ4v) is 2.64. The predicted molar refractivity (Wildman–Crippen MR) is 75.9 cm³/mol. The Balaban J connectivity index is 1.67. The molecule has 1 unspecified atom stereocenters. The largest absolute Gasteiger partial charge is 0.466 e. The Morgan fingerprint density at radius 2 is 2.16 bits per heavy atom. The predicted octanol–water partition coefficient (Wildman–Crippen LogP) is 2.50. The number of carbonyl (C=O) groups excluding carboxylic acids is 1. The lowest BCUT2D eigenvalue weighted by Gasteiger charge is -2.15. The number of hydrogen-bond donors (Lipinski definition) is 0. The number of nitrogens with zero attached hydrogens (tertiary/aromatic N) is 1. The molecule has 104 valence electrons. The summed E-state index contributed by atoms with van der Waals surface area (Å²) in [7, 11) is 0. The van der Waals surface area contributed by atoms with E-state index in [4.69, 9.17) is 4.74 Å². The van der Waals surface area contributed by atoms with E-state index in [2.05, 4.69) is 29.2 Å². The van der Waals surface area contributed by atoms with Crippen molar-refractivity contribution in [2.75, 3.05) is 26.2 Å². The standard InChI is InChI=1S/C16H23NO2/c1-2-19-16(18)15-10-12-17(13-15)11-6-9-14-7-4-3-5-8-14/h3-5,7-8,15H,2,6,9-13H2,1H3. The number of hydrogen-bond acceptors (Lipinski definition) is 3. The highest BCUT2D eigenvalue weighted by Crippen LogP contribution is 2.18. The lowest BCUT2D eigenvalue weighted by molar-refractivity contribution is -0.147. The van der Waals surface area contributed by atoms with Gasteiger partial charge in [-0.1, -0.05) is 30.3 Å². The summed E-state index contributed by atoms with van der Waals surface area (Å²) in [6.45, 7) is 5.32. The van der Waals surface area contributed by atoms with Crippen LogP contribution in [0.4, 0.5) is 0 Å². The van der Waals surface area contributed by atoms with Crippen molar-refractivity contribution in [2.45, 2.75) is 26.2 Å². The summed E-state index contributed by atoms with van der Waals surface area (Å²) in [6.07, 6.45) is 3.21. The fraction of sp³-hybridized carbons (Fsp3) is 0.562. The molecule has 0 aromatic heterocycles. The van der Waals surface area contributed by atoms with Gasteiger partial charge in [-0.15, -0.1) is 0 Å². The van der Waals surface area contributed by atoms with Crippen LogP contribution in [-0.4, -0.2) is 37.1 Å². The Hall–Kier alpha value is -1.35. The van der Waals surface area contributed by atoms with Crippen LogP contribution in [0.3, 0.4) is 0 Å². The molecule has 1 aliphatic heterocycles. The summed E-state index contributed by atoms with van der Waals surface area (Å²) in [4.78, 5) is 14.0. The van der Waals surface area contributed by atoms with Gasteiger partial charge in [0, 0.05) is 6.54 Å². The van der Waals surface area contributed by atoms with Gasteiger partial charge in [-0.2, -0.15) is 0 Å².